The minimum absolute atomic E-state index is 0.175. The fourth-order valence-electron chi connectivity index (χ4n) is 3.38. The molecule has 4 nitrogen and oxygen atoms in total. The fourth-order valence-corrected chi connectivity index (χ4v) is 4.87. The normalized spacial score (nSPS) is 28.6. The van der Waals surface area contributed by atoms with E-state index >= 15 is 0 Å². The molecule has 19 heavy (non-hydrogen) atoms. The standard InChI is InChI=1S/C14H28N2O2S/c1-14(2)8-5-9-15-13(14)10-16-19(17,18)11-12-6-3-4-7-12/h12-13,15-16H,3-11H2,1-2H3/t13-/m0/s1. The van der Waals surface area contributed by atoms with Crippen LogP contribution in [0.1, 0.15) is 52.4 Å². The van der Waals surface area contributed by atoms with E-state index in [0.29, 0.717) is 18.2 Å². The summed E-state index contributed by atoms with van der Waals surface area (Å²) < 4.78 is 27.0. The lowest BCUT2D eigenvalue weighted by Crippen LogP contribution is -2.53. The first-order chi connectivity index (χ1) is 8.89. The van der Waals surface area contributed by atoms with Crippen molar-refractivity contribution in [3.8, 4) is 0 Å². The molecule has 1 saturated carbocycles. The molecule has 0 bridgehead atoms. The molecule has 112 valence electrons. The highest BCUT2D eigenvalue weighted by molar-refractivity contribution is 7.89. The van der Waals surface area contributed by atoms with Crippen LogP contribution in [0.2, 0.25) is 0 Å². The summed E-state index contributed by atoms with van der Waals surface area (Å²) in [6.07, 6.45) is 6.88. The van der Waals surface area contributed by atoms with E-state index in [1.807, 2.05) is 0 Å². The summed E-state index contributed by atoms with van der Waals surface area (Å²) in [7, 11) is -3.10. The minimum atomic E-state index is -3.10. The van der Waals surface area contributed by atoms with E-state index in [1.165, 1.54) is 19.3 Å². The van der Waals surface area contributed by atoms with Gasteiger partial charge in [-0.25, -0.2) is 13.1 Å². The van der Waals surface area contributed by atoms with Crippen molar-refractivity contribution in [2.24, 2.45) is 11.3 Å². The lowest BCUT2D eigenvalue weighted by molar-refractivity contribution is 0.181. The molecule has 0 radical (unpaired) electrons. The summed E-state index contributed by atoms with van der Waals surface area (Å²) in [4.78, 5) is 0. The Morgan fingerprint density at radius 2 is 1.89 bits per heavy atom. The molecule has 2 N–H and O–H groups in total. The zero-order chi connectivity index (χ0) is 13.9. The maximum atomic E-state index is 12.1. The van der Waals surface area contributed by atoms with Crippen LogP contribution in [0.3, 0.4) is 0 Å². The highest BCUT2D eigenvalue weighted by Gasteiger charge is 2.33. The molecule has 1 heterocycles. The Hall–Kier alpha value is -0.130. The van der Waals surface area contributed by atoms with Gasteiger partial charge in [-0.2, -0.15) is 0 Å². The maximum absolute atomic E-state index is 12.1. The topological polar surface area (TPSA) is 58.2 Å². The van der Waals surface area contributed by atoms with E-state index in [2.05, 4.69) is 23.9 Å². The molecule has 2 aliphatic rings. The average molecular weight is 288 g/mol. The zero-order valence-corrected chi connectivity index (χ0v) is 13.1. The summed E-state index contributed by atoms with van der Waals surface area (Å²) in [5, 5.41) is 3.45. The van der Waals surface area contributed by atoms with Crippen LogP contribution < -0.4 is 10.0 Å². The maximum Gasteiger partial charge on any atom is 0.211 e. The molecule has 1 saturated heterocycles. The number of nitrogens with one attached hydrogen (secondary N) is 2. The van der Waals surface area contributed by atoms with E-state index in [1.54, 1.807) is 0 Å². The van der Waals surface area contributed by atoms with Gasteiger partial charge in [-0.1, -0.05) is 26.7 Å². The second-order valence-corrected chi connectivity index (χ2v) is 8.73. The molecule has 0 aromatic carbocycles. The minimum Gasteiger partial charge on any atom is -0.312 e. The van der Waals surface area contributed by atoms with E-state index in [9.17, 15) is 8.42 Å². The second kappa shape index (κ2) is 6.10. The van der Waals surface area contributed by atoms with Gasteiger partial charge in [0, 0.05) is 12.6 Å². The van der Waals surface area contributed by atoms with Crippen LogP contribution in [0, 0.1) is 11.3 Å². The van der Waals surface area contributed by atoms with Gasteiger partial charge in [-0.3, -0.25) is 0 Å². The van der Waals surface area contributed by atoms with E-state index in [0.717, 1.165) is 25.8 Å². The molecular formula is C14H28N2O2S. The molecule has 0 amide bonds. The molecule has 1 aliphatic heterocycles. The third kappa shape index (κ3) is 4.43. The first-order valence-electron chi connectivity index (χ1n) is 7.60. The van der Waals surface area contributed by atoms with Gasteiger partial charge in [0.15, 0.2) is 0 Å². The van der Waals surface area contributed by atoms with Crippen molar-refractivity contribution in [2.75, 3.05) is 18.8 Å². The molecule has 2 rings (SSSR count). The number of rotatable bonds is 5. The molecule has 0 aromatic rings. The first-order valence-corrected chi connectivity index (χ1v) is 9.25. The van der Waals surface area contributed by atoms with Crippen LogP contribution in [0.25, 0.3) is 0 Å². The van der Waals surface area contributed by atoms with Gasteiger partial charge in [-0.15, -0.1) is 0 Å². The van der Waals surface area contributed by atoms with Crippen molar-refractivity contribution in [2.45, 2.75) is 58.4 Å². The number of piperidine rings is 1. The van der Waals surface area contributed by atoms with Crippen molar-refractivity contribution < 1.29 is 8.42 Å². The average Bonchev–Trinajstić information content (AvgIpc) is 2.79. The van der Waals surface area contributed by atoms with Gasteiger partial charge >= 0.3 is 0 Å². The molecule has 0 spiro atoms. The monoisotopic (exact) mass is 288 g/mol. The summed E-state index contributed by atoms with van der Waals surface area (Å²) in [6, 6.07) is 0.250. The van der Waals surface area contributed by atoms with E-state index in [4.69, 9.17) is 0 Å². The summed E-state index contributed by atoms with van der Waals surface area (Å²) in [6.45, 7) is 5.96. The van der Waals surface area contributed by atoms with Crippen LogP contribution in [0.4, 0.5) is 0 Å². The van der Waals surface area contributed by atoms with Crippen molar-refractivity contribution >= 4 is 10.0 Å². The number of hydrogen-bond acceptors (Lipinski definition) is 3. The molecule has 0 unspecified atom stereocenters. The van der Waals surface area contributed by atoms with Crippen LogP contribution in [0.15, 0.2) is 0 Å². The van der Waals surface area contributed by atoms with Crippen molar-refractivity contribution in [1.82, 2.24) is 10.0 Å². The highest BCUT2D eigenvalue weighted by atomic mass is 32.2. The smallest absolute Gasteiger partial charge is 0.211 e. The predicted octanol–water partition coefficient (Wildman–Crippen LogP) is 1.87. The first kappa shape index (κ1) is 15.3. The molecule has 1 atom stereocenters. The Bertz CT molecular complexity index is 386. The lowest BCUT2D eigenvalue weighted by atomic mass is 9.78. The number of hydrogen-bond donors (Lipinski definition) is 2. The van der Waals surface area contributed by atoms with Gasteiger partial charge in [0.05, 0.1) is 5.75 Å². The summed E-state index contributed by atoms with van der Waals surface area (Å²) >= 11 is 0. The van der Waals surface area contributed by atoms with Crippen LogP contribution >= 0.6 is 0 Å². The van der Waals surface area contributed by atoms with Crippen LogP contribution in [-0.4, -0.2) is 33.3 Å². The second-order valence-electron chi connectivity index (χ2n) is 6.88. The zero-order valence-electron chi connectivity index (χ0n) is 12.2. The van der Waals surface area contributed by atoms with Crippen molar-refractivity contribution in [3.05, 3.63) is 0 Å². The van der Waals surface area contributed by atoms with Crippen LogP contribution in [-0.2, 0) is 10.0 Å². The molecular weight excluding hydrogens is 260 g/mol. The largest absolute Gasteiger partial charge is 0.312 e. The molecule has 0 aromatic heterocycles. The Labute approximate surface area is 117 Å². The Morgan fingerprint density at radius 1 is 1.21 bits per heavy atom. The van der Waals surface area contributed by atoms with Gasteiger partial charge < -0.3 is 5.32 Å². The van der Waals surface area contributed by atoms with Crippen molar-refractivity contribution in [1.29, 1.82) is 0 Å². The lowest BCUT2D eigenvalue weighted by Gasteiger charge is -2.39. The Kier molecular flexibility index (Phi) is 4.90. The summed E-state index contributed by atoms with van der Waals surface area (Å²) in [5.41, 5.74) is 0.175. The third-order valence-corrected chi connectivity index (χ3v) is 6.29. The van der Waals surface area contributed by atoms with Gasteiger partial charge in [0.2, 0.25) is 10.0 Å². The van der Waals surface area contributed by atoms with Gasteiger partial charge in [0.1, 0.15) is 0 Å². The van der Waals surface area contributed by atoms with Gasteiger partial charge in [0.25, 0.3) is 0 Å². The third-order valence-electron chi connectivity index (χ3n) is 4.77. The molecule has 2 fully saturated rings. The van der Waals surface area contributed by atoms with Gasteiger partial charge in [-0.05, 0) is 43.6 Å². The Morgan fingerprint density at radius 3 is 2.53 bits per heavy atom. The Balaban J connectivity index is 1.82. The molecule has 5 heteroatoms. The molecule has 1 aliphatic carbocycles. The van der Waals surface area contributed by atoms with Crippen molar-refractivity contribution in [3.63, 3.8) is 0 Å². The SMILES string of the molecule is CC1(C)CCCN[C@H]1CNS(=O)(=O)CC1CCCC1. The quantitative estimate of drug-likeness (QED) is 0.812. The van der Waals surface area contributed by atoms with Crippen LogP contribution in [0.5, 0.6) is 0 Å². The summed E-state index contributed by atoms with van der Waals surface area (Å²) in [5.74, 6) is 0.699. The predicted molar refractivity (Wildman–Crippen MR) is 78.6 cm³/mol. The van der Waals surface area contributed by atoms with E-state index in [-0.39, 0.29) is 11.5 Å². The number of sulfonamides is 1. The highest BCUT2D eigenvalue weighted by Crippen LogP contribution is 2.30. The fraction of sp³-hybridized carbons (Fsp3) is 1.00. The van der Waals surface area contributed by atoms with E-state index < -0.39 is 10.0 Å².